The third-order valence-corrected chi connectivity index (χ3v) is 2.57. The van der Waals surface area contributed by atoms with Crippen LogP contribution in [0.3, 0.4) is 0 Å². The van der Waals surface area contributed by atoms with Crippen LogP contribution in [0.1, 0.15) is 26.3 Å². The van der Waals surface area contributed by atoms with Crippen molar-refractivity contribution in [3.05, 3.63) is 23.9 Å². The molecule has 0 radical (unpaired) electrons. The summed E-state index contributed by atoms with van der Waals surface area (Å²) in [5.41, 5.74) is 0.513. The second-order valence-electron chi connectivity index (χ2n) is 5.48. The highest BCUT2D eigenvalue weighted by molar-refractivity contribution is 7.80. The number of carbonyl (C=O) groups excluding carboxylic acids is 1. The highest BCUT2D eigenvalue weighted by atomic mass is 32.1. The number of thiocarbonyl (C=S) groups is 1. The van der Waals surface area contributed by atoms with Crippen molar-refractivity contribution >= 4 is 29.2 Å². The van der Waals surface area contributed by atoms with Gasteiger partial charge in [-0.25, -0.2) is 9.78 Å². The van der Waals surface area contributed by atoms with E-state index in [1.807, 2.05) is 39.8 Å². The van der Waals surface area contributed by atoms with Crippen molar-refractivity contribution in [3.8, 4) is 0 Å². The Hall–Kier alpha value is -1.89. The average Bonchev–Trinajstić information content (AvgIpc) is 2.35. The molecular weight excluding hydrogens is 288 g/mol. The highest BCUT2D eigenvalue weighted by Crippen LogP contribution is 2.08. The van der Waals surface area contributed by atoms with Crippen molar-refractivity contribution in [1.82, 2.24) is 15.6 Å². The molecule has 0 saturated carbocycles. The summed E-state index contributed by atoms with van der Waals surface area (Å²) in [7, 11) is 0. The smallest absolute Gasteiger partial charge is 0.407 e. The third kappa shape index (κ3) is 7.45. The lowest BCUT2D eigenvalue weighted by Gasteiger charge is -2.19. The molecule has 7 heteroatoms. The molecule has 0 spiro atoms. The van der Waals surface area contributed by atoms with E-state index in [9.17, 15) is 4.79 Å². The summed E-state index contributed by atoms with van der Waals surface area (Å²) in [6, 6.07) is 3.81. The van der Waals surface area contributed by atoms with Gasteiger partial charge in [0.2, 0.25) is 0 Å². The van der Waals surface area contributed by atoms with Crippen LogP contribution < -0.4 is 16.0 Å². The van der Waals surface area contributed by atoms with E-state index in [1.54, 1.807) is 6.20 Å². The Morgan fingerprint density at radius 2 is 2.00 bits per heavy atom. The number of anilines is 1. The molecule has 3 N–H and O–H groups in total. The number of pyridine rings is 1. The number of aryl methyl sites for hydroxylation is 1. The predicted molar refractivity (Wildman–Crippen MR) is 87.4 cm³/mol. The monoisotopic (exact) mass is 310 g/mol. The molecule has 0 aliphatic carbocycles. The Morgan fingerprint density at radius 3 is 2.62 bits per heavy atom. The van der Waals surface area contributed by atoms with E-state index in [0.717, 1.165) is 11.4 Å². The first kappa shape index (κ1) is 17.2. The van der Waals surface area contributed by atoms with Gasteiger partial charge in [0.25, 0.3) is 0 Å². The topological polar surface area (TPSA) is 75.3 Å². The maximum absolute atomic E-state index is 11.4. The molecule has 0 fully saturated rings. The van der Waals surface area contributed by atoms with Gasteiger partial charge in [-0.1, -0.05) is 6.07 Å². The van der Waals surface area contributed by atoms with Crippen LogP contribution in [0.4, 0.5) is 10.6 Å². The predicted octanol–water partition coefficient (Wildman–Crippen LogP) is 2.20. The number of hydrogen-bond donors (Lipinski definition) is 3. The Kier molecular flexibility index (Phi) is 6.36. The van der Waals surface area contributed by atoms with E-state index in [-0.39, 0.29) is 0 Å². The summed E-state index contributed by atoms with van der Waals surface area (Å²) >= 11 is 5.16. The third-order valence-electron chi connectivity index (χ3n) is 2.32. The summed E-state index contributed by atoms with van der Waals surface area (Å²) < 4.78 is 5.12. The number of alkyl carbamates (subject to hydrolysis) is 1. The van der Waals surface area contributed by atoms with E-state index < -0.39 is 11.7 Å². The number of ether oxygens (including phenoxy) is 1. The van der Waals surface area contributed by atoms with Crippen LogP contribution in [0.25, 0.3) is 0 Å². The van der Waals surface area contributed by atoms with Crippen LogP contribution in [0.15, 0.2) is 18.3 Å². The van der Waals surface area contributed by atoms with E-state index in [2.05, 4.69) is 20.9 Å². The van der Waals surface area contributed by atoms with Gasteiger partial charge in [0, 0.05) is 19.3 Å². The molecule has 1 aromatic rings. The molecule has 1 aromatic heterocycles. The normalized spacial score (nSPS) is 10.7. The van der Waals surface area contributed by atoms with Crippen molar-refractivity contribution < 1.29 is 9.53 Å². The van der Waals surface area contributed by atoms with Crippen LogP contribution >= 0.6 is 12.2 Å². The second-order valence-corrected chi connectivity index (χ2v) is 5.89. The summed E-state index contributed by atoms with van der Waals surface area (Å²) in [6.07, 6.45) is 1.26. The minimum absolute atomic E-state index is 0.415. The number of hydrogen-bond acceptors (Lipinski definition) is 4. The lowest BCUT2D eigenvalue weighted by molar-refractivity contribution is 0.0529. The zero-order valence-corrected chi connectivity index (χ0v) is 13.6. The van der Waals surface area contributed by atoms with Crippen LogP contribution in [-0.2, 0) is 4.74 Å². The first-order valence-corrected chi connectivity index (χ1v) is 7.12. The number of nitrogens with zero attached hydrogens (tertiary/aromatic N) is 1. The summed E-state index contributed by atoms with van der Waals surface area (Å²) in [5.74, 6) is 0.718. The van der Waals surface area contributed by atoms with E-state index in [1.165, 1.54) is 0 Å². The van der Waals surface area contributed by atoms with Gasteiger partial charge < -0.3 is 20.7 Å². The standard InChI is InChI=1S/C14H22N4O2S/c1-10-6-5-7-15-11(10)18-12(21)16-8-9-17-13(19)20-14(2,3)4/h5-7H,8-9H2,1-4H3,(H,17,19)(H2,15,16,18,21). The summed E-state index contributed by atoms with van der Waals surface area (Å²) in [5, 5.41) is 9.09. The number of aromatic nitrogens is 1. The lowest BCUT2D eigenvalue weighted by Crippen LogP contribution is -2.39. The first-order valence-electron chi connectivity index (χ1n) is 6.71. The molecule has 1 amide bonds. The van der Waals surface area contributed by atoms with E-state index in [0.29, 0.717) is 18.2 Å². The van der Waals surface area contributed by atoms with Gasteiger partial charge in [-0.2, -0.15) is 0 Å². The van der Waals surface area contributed by atoms with Crippen molar-refractivity contribution in [2.24, 2.45) is 0 Å². The number of nitrogens with one attached hydrogen (secondary N) is 3. The van der Waals surface area contributed by atoms with Gasteiger partial charge in [-0.05, 0) is 51.5 Å². The summed E-state index contributed by atoms with van der Waals surface area (Å²) in [6.45, 7) is 8.31. The molecule has 0 saturated heterocycles. The fourth-order valence-corrected chi connectivity index (χ4v) is 1.62. The van der Waals surface area contributed by atoms with E-state index in [4.69, 9.17) is 17.0 Å². The van der Waals surface area contributed by atoms with Crippen molar-refractivity contribution in [2.75, 3.05) is 18.4 Å². The van der Waals surface area contributed by atoms with Crippen LogP contribution in [-0.4, -0.2) is 34.9 Å². The molecule has 0 bridgehead atoms. The SMILES string of the molecule is Cc1cccnc1NC(=S)NCCNC(=O)OC(C)(C)C. The van der Waals surface area contributed by atoms with Gasteiger partial charge >= 0.3 is 6.09 Å². The van der Waals surface area contributed by atoms with Crippen molar-refractivity contribution in [2.45, 2.75) is 33.3 Å². The van der Waals surface area contributed by atoms with Gasteiger partial charge in [0.05, 0.1) is 0 Å². The van der Waals surface area contributed by atoms with Crippen LogP contribution in [0, 0.1) is 6.92 Å². The maximum atomic E-state index is 11.4. The molecule has 0 atom stereocenters. The zero-order valence-electron chi connectivity index (χ0n) is 12.8. The zero-order chi connectivity index (χ0) is 15.9. The molecular formula is C14H22N4O2S. The second kappa shape index (κ2) is 7.78. The largest absolute Gasteiger partial charge is 0.444 e. The summed E-state index contributed by atoms with van der Waals surface area (Å²) in [4.78, 5) is 15.6. The van der Waals surface area contributed by atoms with Gasteiger partial charge in [0.15, 0.2) is 5.11 Å². The molecule has 0 aliphatic heterocycles. The molecule has 0 aliphatic rings. The Balaban J connectivity index is 2.23. The highest BCUT2D eigenvalue weighted by Gasteiger charge is 2.15. The van der Waals surface area contributed by atoms with Crippen molar-refractivity contribution in [3.63, 3.8) is 0 Å². The van der Waals surface area contributed by atoms with Gasteiger partial charge in [0.1, 0.15) is 11.4 Å². The minimum atomic E-state index is -0.495. The minimum Gasteiger partial charge on any atom is -0.444 e. The Bertz CT molecular complexity index is 500. The maximum Gasteiger partial charge on any atom is 0.407 e. The van der Waals surface area contributed by atoms with E-state index >= 15 is 0 Å². The van der Waals surface area contributed by atoms with Crippen LogP contribution in [0.5, 0.6) is 0 Å². The molecule has 0 unspecified atom stereocenters. The molecule has 1 heterocycles. The number of carbonyl (C=O) groups is 1. The molecule has 6 nitrogen and oxygen atoms in total. The average molecular weight is 310 g/mol. The fraction of sp³-hybridized carbons (Fsp3) is 0.500. The van der Waals surface area contributed by atoms with Crippen LogP contribution in [0.2, 0.25) is 0 Å². The number of amides is 1. The first-order chi connectivity index (χ1) is 9.78. The number of rotatable bonds is 4. The Morgan fingerprint density at radius 1 is 1.33 bits per heavy atom. The molecule has 116 valence electrons. The van der Waals surface area contributed by atoms with Crippen molar-refractivity contribution in [1.29, 1.82) is 0 Å². The molecule has 1 rings (SSSR count). The van der Waals surface area contributed by atoms with Gasteiger partial charge in [-0.3, -0.25) is 0 Å². The van der Waals surface area contributed by atoms with Gasteiger partial charge in [-0.15, -0.1) is 0 Å². The molecule has 21 heavy (non-hydrogen) atoms. The lowest BCUT2D eigenvalue weighted by atomic mass is 10.2. The quantitative estimate of drug-likeness (QED) is 0.585. The fourth-order valence-electron chi connectivity index (χ4n) is 1.42. The Labute approximate surface area is 130 Å². The molecule has 0 aromatic carbocycles.